The van der Waals surface area contributed by atoms with Crippen LogP contribution in [0.25, 0.3) is 0 Å². The van der Waals surface area contributed by atoms with Crippen LogP contribution in [0.4, 0.5) is 4.79 Å². The molecule has 7 heteroatoms. The summed E-state index contributed by atoms with van der Waals surface area (Å²) in [5.41, 5.74) is 0.0195. The molecule has 1 saturated heterocycles. The van der Waals surface area contributed by atoms with E-state index in [-0.39, 0.29) is 11.1 Å². The van der Waals surface area contributed by atoms with Crippen LogP contribution in [0.5, 0.6) is 0 Å². The van der Waals surface area contributed by atoms with Gasteiger partial charge in [0.25, 0.3) is 0 Å². The van der Waals surface area contributed by atoms with E-state index < -0.39 is 26.0 Å². The predicted octanol–water partition coefficient (Wildman–Crippen LogP) is 4.85. The van der Waals surface area contributed by atoms with Crippen molar-refractivity contribution in [2.45, 2.75) is 91.1 Å². The summed E-state index contributed by atoms with van der Waals surface area (Å²) in [5, 5.41) is 0.0892. The Hall–Kier alpha value is -1.34. The SMILES string of the molecule is CCOC(=O)/C=C1\CC[C@@H](CO[Si](C)(C)C(C)(C)C)N1C(=O)OC(C)(C)C. The lowest BCUT2D eigenvalue weighted by Gasteiger charge is -2.38. The molecule has 1 heterocycles. The fourth-order valence-corrected chi connectivity index (χ4v) is 3.56. The molecule has 1 atom stereocenters. The van der Waals surface area contributed by atoms with Crippen LogP contribution in [0.15, 0.2) is 11.8 Å². The highest BCUT2D eigenvalue weighted by molar-refractivity contribution is 6.74. The highest BCUT2D eigenvalue weighted by atomic mass is 28.4. The van der Waals surface area contributed by atoms with Crippen LogP contribution in [0.3, 0.4) is 0 Å². The number of carbonyl (C=O) groups excluding carboxylic acids is 2. The molecular formula is C20H37NO5Si. The van der Waals surface area contributed by atoms with Crippen LogP contribution >= 0.6 is 0 Å². The summed E-state index contributed by atoms with van der Waals surface area (Å²) < 4.78 is 16.9. The molecule has 1 rings (SSSR count). The van der Waals surface area contributed by atoms with Gasteiger partial charge in [0.1, 0.15) is 5.60 Å². The Morgan fingerprint density at radius 2 is 1.78 bits per heavy atom. The van der Waals surface area contributed by atoms with E-state index in [2.05, 4.69) is 33.9 Å². The van der Waals surface area contributed by atoms with E-state index in [1.165, 1.54) is 6.08 Å². The Bertz CT molecular complexity index is 572. The van der Waals surface area contributed by atoms with E-state index in [1.807, 2.05) is 20.8 Å². The van der Waals surface area contributed by atoms with Crippen LogP contribution in [0, 0.1) is 0 Å². The maximum atomic E-state index is 12.8. The molecule has 0 saturated carbocycles. The number of likely N-dealkylation sites (tertiary alicyclic amines) is 1. The average Bonchev–Trinajstić information content (AvgIpc) is 2.85. The van der Waals surface area contributed by atoms with Crippen molar-refractivity contribution in [2.24, 2.45) is 0 Å². The number of ether oxygens (including phenoxy) is 2. The van der Waals surface area contributed by atoms with Gasteiger partial charge in [-0.15, -0.1) is 0 Å². The number of hydrogen-bond acceptors (Lipinski definition) is 5. The van der Waals surface area contributed by atoms with Gasteiger partial charge in [0.15, 0.2) is 8.32 Å². The summed E-state index contributed by atoms with van der Waals surface area (Å²) in [7, 11) is -1.94. The lowest BCUT2D eigenvalue weighted by molar-refractivity contribution is -0.137. The molecule has 0 N–H and O–H groups in total. The lowest BCUT2D eigenvalue weighted by Crippen LogP contribution is -2.46. The number of hydrogen-bond donors (Lipinski definition) is 0. The third-order valence-corrected chi connectivity index (χ3v) is 9.51. The van der Waals surface area contributed by atoms with E-state index in [9.17, 15) is 9.59 Å². The minimum Gasteiger partial charge on any atom is -0.463 e. The summed E-state index contributed by atoms with van der Waals surface area (Å²) in [5.74, 6) is -0.438. The van der Waals surface area contributed by atoms with Crippen molar-refractivity contribution in [2.75, 3.05) is 13.2 Å². The fraction of sp³-hybridized carbons (Fsp3) is 0.800. The van der Waals surface area contributed by atoms with Gasteiger partial charge in [0, 0.05) is 11.8 Å². The highest BCUT2D eigenvalue weighted by Gasteiger charge is 2.41. The molecule has 0 aromatic carbocycles. The normalized spacial score (nSPS) is 20.1. The van der Waals surface area contributed by atoms with E-state index in [0.29, 0.717) is 25.3 Å². The third-order valence-electron chi connectivity index (χ3n) is 5.01. The molecule has 156 valence electrons. The fourth-order valence-electron chi connectivity index (χ4n) is 2.52. The lowest BCUT2D eigenvalue weighted by atomic mass is 10.2. The number of amides is 1. The number of esters is 1. The van der Waals surface area contributed by atoms with Gasteiger partial charge in [-0.05, 0) is 58.7 Å². The molecule has 0 aromatic heterocycles. The van der Waals surface area contributed by atoms with E-state index >= 15 is 0 Å². The zero-order valence-corrected chi connectivity index (χ0v) is 19.5. The van der Waals surface area contributed by atoms with Gasteiger partial charge in [-0.3, -0.25) is 4.90 Å². The first kappa shape index (κ1) is 23.7. The molecule has 0 radical (unpaired) electrons. The van der Waals surface area contributed by atoms with Crippen molar-refractivity contribution in [3.63, 3.8) is 0 Å². The second kappa shape index (κ2) is 8.77. The summed E-state index contributed by atoms with van der Waals surface area (Å²) in [6.07, 6.45) is 2.31. The summed E-state index contributed by atoms with van der Waals surface area (Å²) in [6.45, 7) is 18.9. The Morgan fingerprint density at radius 3 is 2.26 bits per heavy atom. The predicted molar refractivity (Wildman–Crippen MR) is 109 cm³/mol. The largest absolute Gasteiger partial charge is 0.463 e. The second-order valence-electron chi connectivity index (χ2n) is 9.50. The van der Waals surface area contributed by atoms with Gasteiger partial charge in [-0.1, -0.05) is 20.8 Å². The zero-order chi connectivity index (χ0) is 21.0. The third kappa shape index (κ3) is 6.96. The average molecular weight is 400 g/mol. The second-order valence-corrected chi connectivity index (χ2v) is 14.3. The van der Waals surface area contributed by atoms with Crippen molar-refractivity contribution >= 4 is 20.4 Å². The monoisotopic (exact) mass is 399 g/mol. The Kier molecular flexibility index (Phi) is 7.70. The molecule has 0 bridgehead atoms. The van der Waals surface area contributed by atoms with Gasteiger partial charge < -0.3 is 13.9 Å². The Morgan fingerprint density at radius 1 is 1.19 bits per heavy atom. The van der Waals surface area contributed by atoms with Gasteiger partial charge in [-0.2, -0.15) is 0 Å². The summed E-state index contributed by atoms with van der Waals surface area (Å²) in [4.78, 5) is 26.3. The van der Waals surface area contributed by atoms with Crippen LogP contribution in [-0.4, -0.2) is 50.1 Å². The minimum absolute atomic E-state index is 0.0892. The first-order chi connectivity index (χ1) is 12.2. The van der Waals surface area contributed by atoms with Gasteiger partial charge in [0.05, 0.1) is 19.3 Å². The van der Waals surface area contributed by atoms with Crippen molar-refractivity contribution in [3.8, 4) is 0 Å². The van der Waals surface area contributed by atoms with Crippen molar-refractivity contribution in [1.82, 2.24) is 4.90 Å². The number of carbonyl (C=O) groups is 2. The summed E-state index contributed by atoms with van der Waals surface area (Å²) in [6, 6.07) is -0.144. The van der Waals surface area contributed by atoms with Gasteiger partial charge in [0.2, 0.25) is 0 Å². The van der Waals surface area contributed by atoms with E-state index in [1.54, 1.807) is 11.8 Å². The van der Waals surface area contributed by atoms with Crippen molar-refractivity contribution in [3.05, 3.63) is 11.8 Å². The molecule has 0 unspecified atom stereocenters. The number of rotatable bonds is 5. The van der Waals surface area contributed by atoms with Crippen molar-refractivity contribution < 1.29 is 23.5 Å². The highest BCUT2D eigenvalue weighted by Crippen LogP contribution is 2.38. The van der Waals surface area contributed by atoms with Crippen LogP contribution in [-0.2, 0) is 18.7 Å². The smallest absolute Gasteiger partial charge is 0.414 e. The maximum Gasteiger partial charge on any atom is 0.414 e. The molecular weight excluding hydrogens is 362 g/mol. The van der Waals surface area contributed by atoms with Crippen molar-refractivity contribution in [1.29, 1.82) is 0 Å². The van der Waals surface area contributed by atoms with Gasteiger partial charge in [-0.25, -0.2) is 9.59 Å². The molecule has 1 fully saturated rings. The Balaban J connectivity index is 3.01. The van der Waals surface area contributed by atoms with Crippen LogP contribution in [0.2, 0.25) is 18.1 Å². The quantitative estimate of drug-likeness (QED) is 0.375. The Labute approximate surface area is 165 Å². The first-order valence-electron chi connectivity index (χ1n) is 9.71. The maximum absolute atomic E-state index is 12.8. The van der Waals surface area contributed by atoms with Gasteiger partial charge >= 0.3 is 12.1 Å². The molecule has 0 aliphatic carbocycles. The molecule has 27 heavy (non-hydrogen) atoms. The van der Waals surface area contributed by atoms with E-state index in [0.717, 1.165) is 6.42 Å². The number of allylic oxidation sites excluding steroid dienone is 1. The number of nitrogens with zero attached hydrogens (tertiary/aromatic N) is 1. The molecule has 1 amide bonds. The topological polar surface area (TPSA) is 65.1 Å². The molecule has 1 aliphatic rings. The summed E-state index contributed by atoms with van der Waals surface area (Å²) >= 11 is 0. The van der Waals surface area contributed by atoms with Crippen LogP contribution < -0.4 is 0 Å². The minimum atomic E-state index is -1.94. The molecule has 6 nitrogen and oxygen atoms in total. The molecule has 0 aromatic rings. The standard InChI is InChI=1S/C20H37NO5Si/c1-10-24-17(22)13-15-11-12-16(14-25-27(8,9)20(5,6)7)21(15)18(23)26-19(2,3)4/h13,16H,10-12,14H2,1-9H3/b15-13+/t16-/m0/s1. The zero-order valence-electron chi connectivity index (χ0n) is 18.5. The first-order valence-corrected chi connectivity index (χ1v) is 12.6. The molecule has 1 aliphatic heterocycles. The van der Waals surface area contributed by atoms with Crippen LogP contribution in [0.1, 0.15) is 61.3 Å². The van der Waals surface area contributed by atoms with E-state index in [4.69, 9.17) is 13.9 Å². The molecule has 0 spiro atoms.